The molecule has 2 aromatic carbocycles. The molecule has 2 unspecified atom stereocenters. The van der Waals surface area contributed by atoms with Crippen molar-refractivity contribution >= 4 is 34.2 Å². The van der Waals surface area contributed by atoms with Crippen LogP contribution in [0.4, 0.5) is 5.69 Å². The summed E-state index contributed by atoms with van der Waals surface area (Å²) in [4.78, 5) is 22.9. The Morgan fingerprint density at radius 3 is 2.50 bits per heavy atom. The van der Waals surface area contributed by atoms with Crippen LogP contribution in [0.3, 0.4) is 0 Å². The predicted octanol–water partition coefficient (Wildman–Crippen LogP) is 4.46. The summed E-state index contributed by atoms with van der Waals surface area (Å²) in [7, 11) is 0. The third-order valence-corrected chi connectivity index (χ3v) is 7.69. The van der Waals surface area contributed by atoms with Gasteiger partial charge in [-0.1, -0.05) is 54.1 Å². The summed E-state index contributed by atoms with van der Waals surface area (Å²) >= 11 is 6.14. The van der Waals surface area contributed by atoms with Crippen LogP contribution in [0.2, 0.25) is 5.02 Å². The molecule has 0 bridgehead atoms. The molecule has 2 saturated heterocycles. The van der Waals surface area contributed by atoms with E-state index in [0.29, 0.717) is 18.1 Å². The van der Waals surface area contributed by atoms with Crippen molar-refractivity contribution in [2.75, 3.05) is 37.6 Å². The molecule has 0 radical (unpaired) electrons. The maximum Gasteiger partial charge on any atom is 0.231 e. The van der Waals surface area contributed by atoms with Gasteiger partial charge in [0.2, 0.25) is 5.91 Å². The van der Waals surface area contributed by atoms with Crippen molar-refractivity contribution in [2.24, 2.45) is 0 Å². The van der Waals surface area contributed by atoms with Gasteiger partial charge in [0.15, 0.2) is 5.65 Å². The molecule has 0 saturated carbocycles. The normalized spacial score (nSPS) is 19.1. The van der Waals surface area contributed by atoms with Gasteiger partial charge in [0.05, 0.1) is 23.2 Å². The molecule has 1 amide bonds. The van der Waals surface area contributed by atoms with Crippen LogP contribution in [-0.2, 0) is 4.79 Å². The summed E-state index contributed by atoms with van der Waals surface area (Å²) < 4.78 is 0. The molecule has 4 aromatic rings. The van der Waals surface area contributed by atoms with Crippen LogP contribution in [0.15, 0.2) is 67.0 Å². The summed E-state index contributed by atoms with van der Waals surface area (Å²) in [5.41, 5.74) is 5.14. The molecule has 0 spiro atoms. The van der Waals surface area contributed by atoms with Gasteiger partial charge in [-0.05, 0) is 42.6 Å². The standard InChI is InChI=1S/C28H29ClN6O/c29-21-10-8-20(9-11-21)25(24-7-4-12-30-24)28(36)35-15-13-34(14-16-35)26-22(19-5-2-1-3-6-19)17-31-27-23(26)18-32-33-27/h1-3,5-6,8-11,17-18,24-25,30H,4,7,12-16H2,(H,31,32,33). The summed E-state index contributed by atoms with van der Waals surface area (Å²) in [6.07, 6.45) is 5.88. The predicted molar refractivity (Wildman–Crippen MR) is 143 cm³/mol. The number of amides is 1. The van der Waals surface area contributed by atoms with Gasteiger partial charge >= 0.3 is 0 Å². The highest BCUT2D eigenvalue weighted by atomic mass is 35.5. The number of carbonyl (C=O) groups is 1. The molecule has 4 heterocycles. The fraction of sp³-hybridized carbons (Fsp3) is 0.321. The molecule has 8 heteroatoms. The van der Waals surface area contributed by atoms with Gasteiger partial charge in [-0.15, -0.1) is 0 Å². The highest BCUT2D eigenvalue weighted by Crippen LogP contribution is 2.37. The number of H-pyrrole nitrogens is 1. The Bertz CT molecular complexity index is 1340. The third kappa shape index (κ3) is 4.33. The van der Waals surface area contributed by atoms with E-state index in [1.54, 1.807) is 0 Å². The fourth-order valence-corrected chi connectivity index (χ4v) is 5.74. The summed E-state index contributed by atoms with van der Waals surface area (Å²) in [5.74, 6) is 0.000504. The average Bonchev–Trinajstić information content (AvgIpc) is 3.63. The van der Waals surface area contributed by atoms with Crippen LogP contribution in [0.25, 0.3) is 22.2 Å². The number of aromatic nitrogens is 3. The van der Waals surface area contributed by atoms with E-state index in [1.165, 1.54) is 0 Å². The van der Waals surface area contributed by atoms with E-state index in [2.05, 4.69) is 37.5 Å². The van der Waals surface area contributed by atoms with E-state index in [-0.39, 0.29) is 17.9 Å². The first-order valence-electron chi connectivity index (χ1n) is 12.6. The second-order valence-electron chi connectivity index (χ2n) is 9.56. The smallest absolute Gasteiger partial charge is 0.231 e. The lowest BCUT2D eigenvalue weighted by Gasteiger charge is -2.39. The quantitative estimate of drug-likeness (QED) is 0.423. The van der Waals surface area contributed by atoms with Crippen molar-refractivity contribution in [3.05, 3.63) is 77.6 Å². The minimum Gasteiger partial charge on any atom is -0.367 e. The van der Waals surface area contributed by atoms with E-state index in [9.17, 15) is 4.79 Å². The largest absolute Gasteiger partial charge is 0.367 e. The van der Waals surface area contributed by atoms with Crippen LogP contribution in [0, 0.1) is 0 Å². The number of nitrogens with one attached hydrogen (secondary N) is 2. The van der Waals surface area contributed by atoms with Gasteiger partial charge < -0.3 is 15.1 Å². The molecule has 2 aliphatic rings. The lowest BCUT2D eigenvalue weighted by molar-refractivity contribution is -0.133. The van der Waals surface area contributed by atoms with Crippen molar-refractivity contribution in [3.8, 4) is 11.1 Å². The molecule has 2 aromatic heterocycles. The van der Waals surface area contributed by atoms with Gasteiger partial charge in [0.1, 0.15) is 0 Å². The van der Waals surface area contributed by atoms with Gasteiger partial charge in [0, 0.05) is 49.0 Å². The lowest BCUT2D eigenvalue weighted by Crippen LogP contribution is -2.52. The number of hydrogen-bond acceptors (Lipinski definition) is 5. The SMILES string of the molecule is O=C(C(c1ccc(Cl)cc1)C1CCCN1)N1CCN(c2c(-c3ccccc3)cnc3[nH]ncc23)CC1. The Kier molecular flexibility index (Phi) is 6.34. The Hall–Kier alpha value is -3.42. The van der Waals surface area contributed by atoms with Crippen molar-refractivity contribution < 1.29 is 4.79 Å². The Morgan fingerprint density at radius 2 is 1.78 bits per heavy atom. The number of fused-ring (bicyclic) bond motifs is 1. The maximum atomic E-state index is 13.9. The first-order chi connectivity index (χ1) is 17.7. The van der Waals surface area contributed by atoms with Crippen molar-refractivity contribution in [1.82, 2.24) is 25.4 Å². The van der Waals surface area contributed by atoms with Gasteiger partial charge in [0.25, 0.3) is 0 Å². The number of halogens is 1. The van der Waals surface area contributed by atoms with E-state index in [1.807, 2.05) is 59.8 Å². The molecular formula is C28H29ClN6O. The van der Waals surface area contributed by atoms with Crippen molar-refractivity contribution in [2.45, 2.75) is 24.8 Å². The first kappa shape index (κ1) is 23.0. The van der Waals surface area contributed by atoms with E-state index >= 15 is 0 Å². The van der Waals surface area contributed by atoms with Gasteiger partial charge in [-0.25, -0.2) is 4.98 Å². The van der Waals surface area contributed by atoms with Crippen molar-refractivity contribution in [1.29, 1.82) is 0 Å². The van der Waals surface area contributed by atoms with Crippen LogP contribution in [0.5, 0.6) is 0 Å². The topological polar surface area (TPSA) is 77.2 Å². The number of carbonyl (C=O) groups excluding carboxylic acids is 1. The van der Waals surface area contributed by atoms with E-state index in [4.69, 9.17) is 11.6 Å². The first-order valence-corrected chi connectivity index (χ1v) is 13.0. The molecule has 2 fully saturated rings. The number of aromatic amines is 1. The highest BCUT2D eigenvalue weighted by Gasteiger charge is 2.36. The van der Waals surface area contributed by atoms with Crippen LogP contribution < -0.4 is 10.2 Å². The maximum absolute atomic E-state index is 13.9. The summed E-state index contributed by atoms with van der Waals surface area (Å²) in [6.45, 7) is 3.81. The summed E-state index contributed by atoms with van der Waals surface area (Å²) in [5, 5.41) is 12.5. The number of piperazine rings is 1. The molecule has 0 aliphatic carbocycles. The van der Waals surface area contributed by atoms with Gasteiger partial charge in [-0.3, -0.25) is 9.89 Å². The van der Waals surface area contributed by atoms with E-state index in [0.717, 1.165) is 65.9 Å². The molecule has 6 rings (SSSR count). The zero-order chi connectivity index (χ0) is 24.5. The Morgan fingerprint density at radius 1 is 1.00 bits per heavy atom. The van der Waals surface area contributed by atoms with Gasteiger partial charge in [-0.2, -0.15) is 5.10 Å². The number of nitrogens with zero attached hydrogens (tertiary/aromatic N) is 4. The second-order valence-corrected chi connectivity index (χ2v) is 10.00. The molecule has 36 heavy (non-hydrogen) atoms. The Labute approximate surface area is 215 Å². The summed E-state index contributed by atoms with van der Waals surface area (Å²) in [6, 6.07) is 18.3. The molecule has 7 nitrogen and oxygen atoms in total. The van der Waals surface area contributed by atoms with E-state index < -0.39 is 0 Å². The average molecular weight is 501 g/mol. The lowest BCUT2D eigenvalue weighted by atomic mass is 9.89. The second kappa shape index (κ2) is 9.91. The zero-order valence-corrected chi connectivity index (χ0v) is 20.8. The van der Waals surface area contributed by atoms with Crippen LogP contribution >= 0.6 is 11.6 Å². The number of anilines is 1. The number of rotatable bonds is 5. The minimum absolute atomic E-state index is 0.159. The zero-order valence-electron chi connectivity index (χ0n) is 20.0. The third-order valence-electron chi connectivity index (χ3n) is 7.44. The minimum atomic E-state index is -0.197. The van der Waals surface area contributed by atoms with Crippen LogP contribution in [0.1, 0.15) is 24.3 Å². The molecule has 184 valence electrons. The number of hydrogen-bond donors (Lipinski definition) is 2. The number of benzene rings is 2. The van der Waals surface area contributed by atoms with Crippen LogP contribution in [-0.4, -0.2) is 64.8 Å². The molecule has 2 N–H and O–H groups in total. The highest BCUT2D eigenvalue weighted by molar-refractivity contribution is 6.30. The fourth-order valence-electron chi connectivity index (χ4n) is 5.62. The molecular weight excluding hydrogens is 472 g/mol. The van der Waals surface area contributed by atoms with Crippen molar-refractivity contribution in [3.63, 3.8) is 0 Å². The molecule has 2 atom stereocenters. The Balaban J connectivity index is 1.26. The molecule has 2 aliphatic heterocycles. The number of pyridine rings is 1. The monoisotopic (exact) mass is 500 g/mol.